The molecule has 0 saturated heterocycles. The first-order chi connectivity index (χ1) is 8.00. The lowest BCUT2D eigenvalue weighted by Gasteiger charge is -2.15. The SMILES string of the molecule is Cc1cc(C)c(C(N)c2occc2C)c(F)c1. The van der Waals surface area contributed by atoms with E-state index in [1.54, 1.807) is 6.26 Å². The summed E-state index contributed by atoms with van der Waals surface area (Å²) in [4.78, 5) is 0. The van der Waals surface area contributed by atoms with Crippen LogP contribution in [0.2, 0.25) is 0 Å². The van der Waals surface area contributed by atoms with Crippen LogP contribution >= 0.6 is 0 Å². The average molecular weight is 233 g/mol. The van der Waals surface area contributed by atoms with Gasteiger partial charge in [-0.25, -0.2) is 4.39 Å². The minimum atomic E-state index is -0.550. The van der Waals surface area contributed by atoms with Crippen molar-refractivity contribution < 1.29 is 8.81 Å². The number of hydrogen-bond acceptors (Lipinski definition) is 2. The highest BCUT2D eigenvalue weighted by molar-refractivity contribution is 5.39. The second kappa shape index (κ2) is 4.34. The van der Waals surface area contributed by atoms with Gasteiger partial charge < -0.3 is 10.2 Å². The highest BCUT2D eigenvalue weighted by atomic mass is 19.1. The van der Waals surface area contributed by atoms with Crippen LogP contribution in [0.3, 0.4) is 0 Å². The van der Waals surface area contributed by atoms with E-state index in [4.69, 9.17) is 10.2 Å². The molecule has 0 bridgehead atoms. The maximum atomic E-state index is 14.0. The molecule has 1 heterocycles. The predicted molar refractivity (Wildman–Crippen MR) is 65.3 cm³/mol. The maximum absolute atomic E-state index is 14.0. The molecule has 0 spiro atoms. The predicted octanol–water partition coefficient (Wildman–Crippen LogP) is 3.39. The van der Waals surface area contributed by atoms with E-state index in [-0.39, 0.29) is 5.82 Å². The topological polar surface area (TPSA) is 39.2 Å². The quantitative estimate of drug-likeness (QED) is 0.863. The summed E-state index contributed by atoms with van der Waals surface area (Å²) < 4.78 is 19.3. The number of benzene rings is 1. The number of rotatable bonds is 2. The van der Waals surface area contributed by atoms with Crippen LogP contribution in [0.5, 0.6) is 0 Å². The summed E-state index contributed by atoms with van der Waals surface area (Å²) in [6, 6.07) is 4.71. The lowest BCUT2D eigenvalue weighted by molar-refractivity contribution is 0.476. The van der Waals surface area contributed by atoms with Crippen LogP contribution in [0.1, 0.15) is 34.1 Å². The van der Waals surface area contributed by atoms with Crippen LogP contribution in [0, 0.1) is 26.6 Å². The Morgan fingerprint density at radius 3 is 2.41 bits per heavy atom. The molecule has 0 aliphatic rings. The van der Waals surface area contributed by atoms with Gasteiger partial charge in [-0.3, -0.25) is 0 Å². The van der Waals surface area contributed by atoms with Crippen molar-refractivity contribution in [1.29, 1.82) is 0 Å². The molecule has 17 heavy (non-hydrogen) atoms. The van der Waals surface area contributed by atoms with Gasteiger partial charge in [-0.15, -0.1) is 0 Å². The molecule has 0 amide bonds. The van der Waals surface area contributed by atoms with E-state index < -0.39 is 6.04 Å². The van der Waals surface area contributed by atoms with Gasteiger partial charge in [0, 0.05) is 5.56 Å². The lowest BCUT2D eigenvalue weighted by atomic mass is 9.96. The van der Waals surface area contributed by atoms with Gasteiger partial charge in [-0.1, -0.05) is 6.07 Å². The number of furan rings is 1. The van der Waals surface area contributed by atoms with Crippen LogP contribution in [-0.2, 0) is 0 Å². The standard InChI is InChI=1S/C14H16FNO/c1-8-6-10(3)12(11(15)7-8)13(16)14-9(2)4-5-17-14/h4-7,13H,16H2,1-3H3. The van der Waals surface area contributed by atoms with Crippen molar-refractivity contribution in [2.45, 2.75) is 26.8 Å². The molecule has 0 saturated carbocycles. The Morgan fingerprint density at radius 1 is 1.18 bits per heavy atom. The molecule has 2 nitrogen and oxygen atoms in total. The summed E-state index contributed by atoms with van der Waals surface area (Å²) in [5, 5.41) is 0. The van der Waals surface area contributed by atoms with Crippen molar-refractivity contribution in [3.8, 4) is 0 Å². The third-order valence-corrected chi connectivity index (χ3v) is 2.98. The molecular formula is C14H16FNO. The van der Waals surface area contributed by atoms with Gasteiger partial charge in [-0.05, 0) is 49.6 Å². The van der Waals surface area contributed by atoms with Crippen molar-refractivity contribution >= 4 is 0 Å². The highest BCUT2D eigenvalue weighted by Gasteiger charge is 2.20. The van der Waals surface area contributed by atoms with E-state index in [0.717, 1.165) is 16.7 Å². The number of halogens is 1. The number of nitrogens with two attached hydrogens (primary N) is 1. The van der Waals surface area contributed by atoms with E-state index in [2.05, 4.69) is 0 Å². The maximum Gasteiger partial charge on any atom is 0.128 e. The molecular weight excluding hydrogens is 217 g/mol. The molecule has 90 valence electrons. The second-order valence-corrected chi connectivity index (χ2v) is 4.42. The van der Waals surface area contributed by atoms with Crippen molar-refractivity contribution in [1.82, 2.24) is 0 Å². The molecule has 2 N–H and O–H groups in total. The first-order valence-corrected chi connectivity index (χ1v) is 5.57. The van der Waals surface area contributed by atoms with Crippen LogP contribution < -0.4 is 5.73 Å². The van der Waals surface area contributed by atoms with Crippen molar-refractivity contribution in [2.75, 3.05) is 0 Å². The van der Waals surface area contributed by atoms with Gasteiger partial charge in [0.1, 0.15) is 11.6 Å². The van der Waals surface area contributed by atoms with Crippen molar-refractivity contribution in [2.24, 2.45) is 5.73 Å². The molecule has 1 atom stereocenters. The largest absolute Gasteiger partial charge is 0.467 e. The van der Waals surface area contributed by atoms with Crippen LogP contribution in [0.15, 0.2) is 28.9 Å². The summed E-state index contributed by atoms with van der Waals surface area (Å²) >= 11 is 0. The van der Waals surface area contributed by atoms with E-state index in [1.165, 1.54) is 6.07 Å². The minimum Gasteiger partial charge on any atom is -0.467 e. The van der Waals surface area contributed by atoms with E-state index in [1.807, 2.05) is 32.9 Å². The van der Waals surface area contributed by atoms with Gasteiger partial charge in [0.05, 0.1) is 12.3 Å². The van der Waals surface area contributed by atoms with E-state index in [0.29, 0.717) is 11.3 Å². The van der Waals surface area contributed by atoms with Gasteiger partial charge in [0.2, 0.25) is 0 Å². The summed E-state index contributed by atoms with van der Waals surface area (Å²) in [6.07, 6.45) is 1.58. The summed E-state index contributed by atoms with van der Waals surface area (Å²) in [5.74, 6) is 0.349. The van der Waals surface area contributed by atoms with Crippen LogP contribution in [-0.4, -0.2) is 0 Å². The molecule has 0 fully saturated rings. The number of aryl methyl sites for hydroxylation is 3. The Hall–Kier alpha value is -1.61. The Morgan fingerprint density at radius 2 is 1.88 bits per heavy atom. The normalized spacial score (nSPS) is 12.8. The average Bonchev–Trinajstić information content (AvgIpc) is 2.62. The summed E-state index contributed by atoms with van der Waals surface area (Å²) in [5.41, 5.74) is 9.28. The zero-order valence-corrected chi connectivity index (χ0v) is 10.3. The summed E-state index contributed by atoms with van der Waals surface area (Å²) in [6.45, 7) is 5.63. The minimum absolute atomic E-state index is 0.272. The van der Waals surface area contributed by atoms with Gasteiger partial charge in [-0.2, -0.15) is 0 Å². The van der Waals surface area contributed by atoms with Gasteiger partial charge in [0.25, 0.3) is 0 Å². The smallest absolute Gasteiger partial charge is 0.128 e. The highest BCUT2D eigenvalue weighted by Crippen LogP contribution is 2.28. The molecule has 0 radical (unpaired) electrons. The third-order valence-electron chi connectivity index (χ3n) is 2.98. The van der Waals surface area contributed by atoms with Crippen LogP contribution in [0.4, 0.5) is 4.39 Å². The second-order valence-electron chi connectivity index (χ2n) is 4.42. The van der Waals surface area contributed by atoms with Crippen molar-refractivity contribution in [3.05, 3.63) is 58.3 Å². The zero-order valence-electron chi connectivity index (χ0n) is 10.3. The van der Waals surface area contributed by atoms with Crippen LogP contribution in [0.25, 0.3) is 0 Å². The van der Waals surface area contributed by atoms with E-state index in [9.17, 15) is 4.39 Å². The Labute approximate surface area is 100 Å². The zero-order chi connectivity index (χ0) is 12.6. The molecule has 1 aromatic heterocycles. The number of hydrogen-bond donors (Lipinski definition) is 1. The molecule has 0 aliphatic carbocycles. The first kappa shape index (κ1) is 11.9. The van der Waals surface area contributed by atoms with Gasteiger partial charge >= 0.3 is 0 Å². The Kier molecular flexibility index (Phi) is 3.03. The van der Waals surface area contributed by atoms with Gasteiger partial charge in [0.15, 0.2) is 0 Å². The molecule has 3 heteroatoms. The molecule has 2 rings (SSSR count). The lowest BCUT2D eigenvalue weighted by Crippen LogP contribution is -2.15. The Balaban J connectivity index is 2.51. The fourth-order valence-corrected chi connectivity index (χ4v) is 2.15. The molecule has 2 aromatic rings. The van der Waals surface area contributed by atoms with E-state index >= 15 is 0 Å². The molecule has 0 aliphatic heterocycles. The monoisotopic (exact) mass is 233 g/mol. The fourth-order valence-electron chi connectivity index (χ4n) is 2.15. The Bertz CT molecular complexity index is 522. The fraction of sp³-hybridized carbons (Fsp3) is 0.286. The van der Waals surface area contributed by atoms with Crippen molar-refractivity contribution in [3.63, 3.8) is 0 Å². The summed E-state index contributed by atoms with van der Waals surface area (Å²) in [7, 11) is 0. The first-order valence-electron chi connectivity index (χ1n) is 5.57. The third kappa shape index (κ3) is 2.11. The molecule has 1 aromatic carbocycles. The molecule has 1 unspecified atom stereocenters.